The lowest BCUT2D eigenvalue weighted by Crippen LogP contribution is -2.15. The van der Waals surface area contributed by atoms with Crippen molar-refractivity contribution in [1.82, 2.24) is 9.97 Å². The average molecular weight is 229 g/mol. The zero-order valence-electron chi connectivity index (χ0n) is 10.4. The van der Waals surface area contributed by atoms with E-state index in [1.807, 2.05) is 25.1 Å². The Bertz CT molecular complexity index is 473. The highest BCUT2D eigenvalue weighted by molar-refractivity contribution is 5.19. The van der Waals surface area contributed by atoms with Gasteiger partial charge in [0.15, 0.2) is 0 Å². The molecule has 0 aliphatic rings. The summed E-state index contributed by atoms with van der Waals surface area (Å²) in [5, 5.41) is 0. The Kier molecular flexibility index (Phi) is 3.59. The predicted octanol–water partition coefficient (Wildman–Crippen LogP) is 2.52. The summed E-state index contributed by atoms with van der Waals surface area (Å²) in [7, 11) is 0. The van der Waals surface area contributed by atoms with E-state index in [-0.39, 0.29) is 6.04 Å². The number of nitrogens with zero attached hydrogens (tertiary/aromatic N) is 1. The molecule has 0 radical (unpaired) electrons. The Hall–Kier alpha value is -1.61. The SMILES string of the molecule is CCc1nc(C(N)Cc2ccccc2)[nH]c1C. The molecule has 0 spiro atoms. The minimum absolute atomic E-state index is 0.0589. The van der Waals surface area contributed by atoms with Gasteiger partial charge in [-0.2, -0.15) is 0 Å². The fraction of sp³-hybridized carbons (Fsp3) is 0.357. The quantitative estimate of drug-likeness (QED) is 0.846. The molecule has 0 amide bonds. The van der Waals surface area contributed by atoms with Crippen LogP contribution in [-0.2, 0) is 12.8 Å². The molecule has 0 fully saturated rings. The molecule has 1 aromatic heterocycles. The van der Waals surface area contributed by atoms with Crippen LogP contribution in [0.25, 0.3) is 0 Å². The second-order valence-electron chi connectivity index (χ2n) is 4.34. The second kappa shape index (κ2) is 5.15. The third-order valence-electron chi connectivity index (χ3n) is 2.99. The summed E-state index contributed by atoms with van der Waals surface area (Å²) >= 11 is 0. The van der Waals surface area contributed by atoms with E-state index in [1.165, 1.54) is 5.56 Å². The van der Waals surface area contributed by atoms with E-state index in [2.05, 4.69) is 29.0 Å². The first-order valence-corrected chi connectivity index (χ1v) is 6.05. The van der Waals surface area contributed by atoms with E-state index >= 15 is 0 Å². The lowest BCUT2D eigenvalue weighted by atomic mass is 10.1. The van der Waals surface area contributed by atoms with E-state index < -0.39 is 0 Å². The number of rotatable bonds is 4. The largest absolute Gasteiger partial charge is 0.345 e. The molecular formula is C14H19N3. The van der Waals surface area contributed by atoms with E-state index in [0.29, 0.717) is 0 Å². The summed E-state index contributed by atoms with van der Waals surface area (Å²) in [5.74, 6) is 0.892. The normalized spacial score (nSPS) is 12.6. The maximum absolute atomic E-state index is 6.17. The van der Waals surface area contributed by atoms with Crippen molar-refractivity contribution in [3.8, 4) is 0 Å². The molecular weight excluding hydrogens is 210 g/mol. The highest BCUT2D eigenvalue weighted by Gasteiger charge is 2.12. The Balaban J connectivity index is 2.12. The summed E-state index contributed by atoms with van der Waals surface area (Å²) in [4.78, 5) is 7.82. The summed E-state index contributed by atoms with van der Waals surface area (Å²) in [6.45, 7) is 4.15. The fourth-order valence-electron chi connectivity index (χ4n) is 2.01. The third-order valence-corrected chi connectivity index (χ3v) is 2.99. The lowest BCUT2D eigenvalue weighted by molar-refractivity contribution is 0.674. The van der Waals surface area contributed by atoms with Crippen LogP contribution in [0.15, 0.2) is 30.3 Å². The third kappa shape index (κ3) is 2.74. The topological polar surface area (TPSA) is 54.7 Å². The van der Waals surface area contributed by atoms with Crippen molar-refractivity contribution in [1.29, 1.82) is 0 Å². The van der Waals surface area contributed by atoms with Crippen molar-refractivity contribution in [3.63, 3.8) is 0 Å². The molecule has 17 heavy (non-hydrogen) atoms. The molecule has 3 N–H and O–H groups in total. The van der Waals surface area contributed by atoms with Gasteiger partial charge in [-0.05, 0) is 25.3 Å². The van der Waals surface area contributed by atoms with Crippen LogP contribution in [0, 0.1) is 6.92 Å². The standard InChI is InChI=1S/C14H19N3/c1-3-13-10(2)16-14(17-13)12(15)9-11-7-5-4-6-8-11/h4-8,12H,3,9,15H2,1-2H3,(H,16,17). The number of hydrogen-bond donors (Lipinski definition) is 2. The zero-order chi connectivity index (χ0) is 12.3. The molecule has 1 heterocycles. The van der Waals surface area contributed by atoms with Crippen molar-refractivity contribution in [2.24, 2.45) is 5.73 Å². The van der Waals surface area contributed by atoms with Crippen molar-refractivity contribution < 1.29 is 0 Å². The molecule has 1 aromatic carbocycles. The van der Waals surface area contributed by atoms with Gasteiger partial charge < -0.3 is 10.7 Å². The maximum atomic E-state index is 6.17. The number of aromatic amines is 1. The number of aromatic nitrogens is 2. The number of imidazole rings is 1. The van der Waals surface area contributed by atoms with E-state index in [0.717, 1.165) is 30.1 Å². The second-order valence-corrected chi connectivity index (χ2v) is 4.34. The predicted molar refractivity (Wildman–Crippen MR) is 69.8 cm³/mol. The van der Waals surface area contributed by atoms with Gasteiger partial charge in [0.05, 0.1) is 11.7 Å². The number of benzene rings is 1. The minimum atomic E-state index is -0.0589. The monoisotopic (exact) mass is 229 g/mol. The fourth-order valence-corrected chi connectivity index (χ4v) is 2.01. The Labute approximate surface area is 102 Å². The van der Waals surface area contributed by atoms with Crippen LogP contribution in [0.4, 0.5) is 0 Å². The molecule has 90 valence electrons. The first-order valence-electron chi connectivity index (χ1n) is 6.05. The van der Waals surface area contributed by atoms with Gasteiger partial charge >= 0.3 is 0 Å². The van der Waals surface area contributed by atoms with Gasteiger partial charge in [0.1, 0.15) is 5.82 Å². The number of nitrogens with two attached hydrogens (primary N) is 1. The molecule has 3 nitrogen and oxygen atoms in total. The van der Waals surface area contributed by atoms with Gasteiger partial charge in [-0.1, -0.05) is 37.3 Å². The molecule has 0 aliphatic carbocycles. The van der Waals surface area contributed by atoms with Gasteiger partial charge in [-0.15, -0.1) is 0 Å². The highest BCUT2D eigenvalue weighted by atomic mass is 15.0. The van der Waals surface area contributed by atoms with Gasteiger partial charge in [0.25, 0.3) is 0 Å². The van der Waals surface area contributed by atoms with Crippen molar-refractivity contribution in [2.75, 3.05) is 0 Å². The van der Waals surface area contributed by atoms with E-state index in [9.17, 15) is 0 Å². The molecule has 0 saturated heterocycles. The number of hydrogen-bond acceptors (Lipinski definition) is 2. The van der Waals surface area contributed by atoms with Gasteiger partial charge in [0, 0.05) is 5.69 Å². The van der Waals surface area contributed by atoms with Crippen molar-refractivity contribution in [2.45, 2.75) is 32.7 Å². The van der Waals surface area contributed by atoms with E-state index in [4.69, 9.17) is 5.73 Å². The highest BCUT2D eigenvalue weighted by Crippen LogP contribution is 2.15. The molecule has 0 saturated carbocycles. The van der Waals surface area contributed by atoms with Crippen LogP contribution in [0.2, 0.25) is 0 Å². The molecule has 3 heteroatoms. The zero-order valence-corrected chi connectivity index (χ0v) is 10.4. The summed E-state index contributed by atoms with van der Waals surface area (Å²) in [6, 6.07) is 10.2. The number of aryl methyl sites for hydroxylation is 2. The van der Waals surface area contributed by atoms with Gasteiger partial charge in [-0.3, -0.25) is 0 Å². The summed E-state index contributed by atoms with van der Waals surface area (Å²) in [6.07, 6.45) is 1.76. The van der Waals surface area contributed by atoms with Crippen LogP contribution < -0.4 is 5.73 Å². The first kappa shape index (κ1) is 11.9. The molecule has 2 rings (SSSR count). The molecule has 1 atom stereocenters. The molecule has 2 aromatic rings. The number of nitrogens with one attached hydrogen (secondary N) is 1. The van der Waals surface area contributed by atoms with Crippen molar-refractivity contribution in [3.05, 3.63) is 53.1 Å². The van der Waals surface area contributed by atoms with Crippen LogP contribution in [0.5, 0.6) is 0 Å². The molecule has 1 unspecified atom stereocenters. The Morgan fingerprint density at radius 1 is 1.29 bits per heavy atom. The smallest absolute Gasteiger partial charge is 0.123 e. The van der Waals surface area contributed by atoms with Crippen LogP contribution in [-0.4, -0.2) is 9.97 Å². The molecule has 0 bridgehead atoms. The van der Waals surface area contributed by atoms with Crippen LogP contribution >= 0.6 is 0 Å². The van der Waals surface area contributed by atoms with Gasteiger partial charge in [-0.25, -0.2) is 4.98 Å². The first-order chi connectivity index (χ1) is 8.20. The van der Waals surface area contributed by atoms with E-state index in [1.54, 1.807) is 0 Å². The lowest BCUT2D eigenvalue weighted by Gasteiger charge is -2.08. The minimum Gasteiger partial charge on any atom is -0.345 e. The summed E-state index contributed by atoms with van der Waals surface area (Å²) < 4.78 is 0. The maximum Gasteiger partial charge on any atom is 0.123 e. The average Bonchev–Trinajstić information content (AvgIpc) is 2.72. The Morgan fingerprint density at radius 3 is 2.59 bits per heavy atom. The number of H-pyrrole nitrogens is 1. The van der Waals surface area contributed by atoms with Crippen LogP contribution in [0.1, 0.15) is 35.7 Å². The summed E-state index contributed by atoms with van der Waals surface area (Å²) in [5.41, 5.74) is 9.66. The van der Waals surface area contributed by atoms with Gasteiger partial charge in [0.2, 0.25) is 0 Å². The molecule has 0 aliphatic heterocycles. The Morgan fingerprint density at radius 2 is 2.00 bits per heavy atom. The van der Waals surface area contributed by atoms with Crippen LogP contribution in [0.3, 0.4) is 0 Å². The van der Waals surface area contributed by atoms with Crippen molar-refractivity contribution >= 4 is 0 Å².